The molecule has 1 amide bonds. The van der Waals surface area contributed by atoms with Gasteiger partial charge in [-0.2, -0.15) is 0 Å². The Morgan fingerprint density at radius 2 is 1.72 bits per heavy atom. The fourth-order valence-corrected chi connectivity index (χ4v) is 4.11. The van der Waals surface area contributed by atoms with Crippen LogP contribution < -0.4 is 0 Å². The Morgan fingerprint density at radius 3 is 2.38 bits per heavy atom. The Balaban J connectivity index is 1.73. The summed E-state index contributed by atoms with van der Waals surface area (Å²) in [6, 6.07) is 15.2. The fraction of sp³-hybridized carbons (Fsp3) is 0.273. The molecule has 0 atom stereocenters. The molecule has 29 heavy (non-hydrogen) atoms. The third-order valence-electron chi connectivity index (χ3n) is 4.35. The van der Waals surface area contributed by atoms with Crippen molar-refractivity contribution < 1.29 is 9.53 Å². The molecule has 2 aromatic carbocycles. The second-order valence-electron chi connectivity index (χ2n) is 6.51. The molecular formula is C22H22Cl2N2O2S. The number of methoxy groups -OCH3 is 1. The molecule has 7 heteroatoms. The molecule has 0 bridgehead atoms. The number of amidine groups is 1. The van der Waals surface area contributed by atoms with Crippen molar-refractivity contribution in [3.8, 4) is 0 Å². The van der Waals surface area contributed by atoms with Crippen LogP contribution in [-0.4, -0.2) is 42.8 Å². The van der Waals surface area contributed by atoms with Crippen LogP contribution in [0.1, 0.15) is 17.5 Å². The van der Waals surface area contributed by atoms with E-state index in [4.69, 9.17) is 32.9 Å². The molecule has 1 heterocycles. The molecule has 2 aromatic rings. The molecule has 152 valence electrons. The number of hydrogen-bond acceptors (Lipinski definition) is 4. The van der Waals surface area contributed by atoms with Gasteiger partial charge in [0, 0.05) is 36.9 Å². The van der Waals surface area contributed by atoms with E-state index in [1.54, 1.807) is 12.0 Å². The van der Waals surface area contributed by atoms with Crippen molar-refractivity contribution in [1.82, 2.24) is 4.90 Å². The largest absolute Gasteiger partial charge is 0.385 e. The van der Waals surface area contributed by atoms with Gasteiger partial charge in [-0.25, -0.2) is 0 Å². The van der Waals surface area contributed by atoms with E-state index in [0.717, 1.165) is 34.2 Å². The highest BCUT2D eigenvalue weighted by molar-refractivity contribution is 8.18. The molecule has 1 saturated heterocycles. The lowest BCUT2D eigenvalue weighted by Gasteiger charge is -2.15. The monoisotopic (exact) mass is 448 g/mol. The number of halogens is 2. The summed E-state index contributed by atoms with van der Waals surface area (Å²) in [6.45, 7) is 1.78. The number of aliphatic imine (C=N–C) groups is 1. The van der Waals surface area contributed by atoms with Crippen LogP contribution in [0.2, 0.25) is 10.0 Å². The van der Waals surface area contributed by atoms with Crippen molar-refractivity contribution in [3.05, 3.63) is 74.6 Å². The molecule has 1 aliphatic rings. The van der Waals surface area contributed by atoms with E-state index < -0.39 is 0 Å². The van der Waals surface area contributed by atoms with Gasteiger partial charge in [0.1, 0.15) is 0 Å². The lowest BCUT2D eigenvalue weighted by atomic mass is 10.1. The number of rotatable bonds is 8. The fourth-order valence-electron chi connectivity index (χ4n) is 2.83. The lowest BCUT2D eigenvalue weighted by molar-refractivity contribution is -0.122. The third-order valence-corrected chi connectivity index (χ3v) is 5.90. The molecule has 0 radical (unpaired) electrons. The van der Waals surface area contributed by atoms with Crippen molar-refractivity contribution in [3.63, 3.8) is 0 Å². The average Bonchev–Trinajstić information content (AvgIpc) is 3.00. The number of ether oxygens (including phenoxy) is 1. The first kappa shape index (κ1) is 21.9. The molecule has 0 aliphatic carbocycles. The number of hydrogen-bond donors (Lipinski definition) is 0. The van der Waals surface area contributed by atoms with E-state index in [1.807, 2.05) is 54.6 Å². The van der Waals surface area contributed by atoms with E-state index in [-0.39, 0.29) is 5.91 Å². The Morgan fingerprint density at radius 1 is 1.07 bits per heavy atom. The van der Waals surface area contributed by atoms with Crippen LogP contribution >= 0.6 is 35.0 Å². The van der Waals surface area contributed by atoms with Gasteiger partial charge >= 0.3 is 0 Å². The molecule has 3 rings (SSSR count). The van der Waals surface area contributed by atoms with Crippen LogP contribution in [0, 0.1) is 0 Å². The molecule has 0 unspecified atom stereocenters. The molecule has 0 N–H and O–H groups in total. The van der Waals surface area contributed by atoms with Gasteiger partial charge in [-0.15, -0.1) is 0 Å². The highest BCUT2D eigenvalue weighted by Gasteiger charge is 2.32. The summed E-state index contributed by atoms with van der Waals surface area (Å²) in [7, 11) is 1.66. The molecule has 1 aliphatic heterocycles. The zero-order chi connectivity index (χ0) is 20.6. The van der Waals surface area contributed by atoms with Gasteiger partial charge in [0.2, 0.25) is 0 Å². The normalized spacial score (nSPS) is 16.9. The Bertz CT molecular complexity index is 896. The zero-order valence-electron chi connectivity index (χ0n) is 16.1. The number of carbonyl (C=O) groups excluding carboxylic acids is 1. The molecule has 0 saturated carbocycles. The first-order valence-corrected chi connectivity index (χ1v) is 10.9. The van der Waals surface area contributed by atoms with Gasteiger partial charge < -0.3 is 4.74 Å². The maximum Gasteiger partial charge on any atom is 0.266 e. The van der Waals surface area contributed by atoms with E-state index in [2.05, 4.69) is 0 Å². The van der Waals surface area contributed by atoms with Crippen molar-refractivity contribution in [2.45, 2.75) is 12.8 Å². The van der Waals surface area contributed by atoms with Crippen molar-refractivity contribution in [2.75, 3.05) is 26.8 Å². The summed E-state index contributed by atoms with van der Waals surface area (Å²) in [5.41, 5.74) is 2.10. The number of nitrogens with zero attached hydrogens (tertiary/aromatic N) is 2. The van der Waals surface area contributed by atoms with Gasteiger partial charge in [0.15, 0.2) is 5.17 Å². The topological polar surface area (TPSA) is 41.9 Å². The summed E-state index contributed by atoms with van der Waals surface area (Å²) in [4.78, 5) is 20.0. The average molecular weight is 449 g/mol. The molecule has 4 nitrogen and oxygen atoms in total. The first-order chi connectivity index (χ1) is 14.1. The second kappa shape index (κ2) is 10.8. The van der Waals surface area contributed by atoms with Gasteiger partial charge in [-0.05, 0) is 66.1 Å². The predicted molar refractivity (Wildman–Crippen MR) is 123 cm³/mol. The van der Waals surface area contributed by atoms with Crippen molar-refractivity contribution in [2.24, 2.45) is 4.99 Å². The summed E-state index contributed by atoms with van der Waals surface area (Å²) >= 11 is 13.3. The van der Waals surface area contributed by atoms with Gasteiger partial charge in [-0.3, -0.25) is 14.7 Å². The van der Waals surface area contributed by atoms with Crippen LogP contribution in [-0.2, 0) is 16.0 Å². The number of amides is 1. The first-order valence-electron chi connectivity index (χ1n) is 9.31. The van der Waals surface area contributed by atoms with E-state index >= 15 is 0 Å². The highest BCUT2D eigenvalue weighted by atomic mass is 35.5. The number of benzene rings is 2. The smallest absolute Gasteiger partial charge is 0.266 e. The summed E-state index contributed by atoms with van der Waals surface area (Å²) in [5, 5.41) is 2.13. The standard InChI is InChI=1S/C22H22Cl2N2O2S/c1-28-14-2-13-26-21(27)20(15-17-5-9-19(24)10-6-17)29-22(26)25-12-11-16-3-7-18(23)8-4-16/h3-10,15H,2,11-14H2,1H3/b20-15+,25-22?. The lowest BCUT2D eigenvalue weighted by Crippen LogP contribution is -2.31. The van der Waals surface area contributed by atoms with Gasteiger partial charge in [0.05, 0.1) is 4.91 Å². The Hall–Kier alpha value is -1.79. The van der Waals surface area contributed by atoms with Crippen LogP contribution in [0.5, 0.6) is 0 Å². The Labute approximate surface area is 185 Å². The summed E-state index contributed by atoms with van der Waals surface area (Å²) in [6.07, 6.45) is 3.43. The van der Waals surface area contributed by atoms with Gasteiger partial charge in [0.25, 0.3) is 5.91 Å². The number of carbonyl (C=O) groups is 1. The zero-order valence-corrected chi connectivity index (χ0v) is 18.4. The minimum absolute atomic E-state index is 0.0219. The second-order valence-corrected chi connectivity index (χ2v) is 8.39. The molecule has 0 spiro atoms. The SMILES string of the molecule is COCCCN1C(=O)/C(=C\c2ccc(Cl)cc2)SC1=NCCc1ccc(Cl)cc1. The maximum absolute atomic E-state index is 12.9. The van der Waals surface area contributed by atoms with E-state index in [0.29, 0.717) is 29.6 Å². The predicted octanol–water partition coefficient (Wildman–Crippen LogP) is 5.54. The van der Waals surface area contributed by atoms with Crippen molar-refractivity contribution in [1.29, 1.82) is 0 Å². The molecular weight excluding hydrogens is 427 g/mol. The maximum atomic E-state index is 12.9. The van der Waals surface area contributed by atoms with Crippen LogP contribution in [0.25, 0.3) is 6.08 Å². The van der Waals surface area contributed by atoms with Crippen molar-refractivity contribution >= 4 is 52.1 Å². The highest BCUT2D eigenvalue weighted by Crippen LogP contribution is 2.33. The summed E-state index contributed by atoms with van der Waals surface area (Å²) < 4.78 is 5.13. The van der Waals surface area contributed by atoms with E-state index in [1.165, 1.54) is 11.8 Å². The van der Waals surface area contributed by atoms with Crippen LogP contribution in [0.4, 0.5) is 0 Å². The van der Waals surface area contributed by atoms with Crippen LogP contribution in [0.3, 0.4) is 0 Å². The minimum atomic E-state index is -0.0219. The number of thioether (sulfide) groups is 1. The quantitative estimate of drug-likeness (QED) is 0.392. The van der Waals surface area contributed by atoms with E-state index in [9.17, 15) is 4.79 Å². The van der Waals surface area contributed by atoms with Gasteiger partial charge in [-0.1, -0.05) is 47.5 Å². The minimum Gasteiger partial charge on any atom is -0.385 e. The molecule has 0 aromatic heterocycles. The summed E-state index contributed by atoms with van der Waals surface area (Å²) in [5.74, 6) is -0.0219. The Kier molecular flexibility index (Phi) is 8.19. The third kappa shape index (κ3) is 6.34. The molecule has 1 fully saturated rings. The van der Waals surface area contributed by atoms with Crippen LogP contribution in [0.15, 0.2) is 58.4 Å².